The van der Waals surface area contributed by atoms with E-state index in [0.717, 1.165) is 12.1 Å². The molecule has 35 heavy (non-hydrogen) atoms. The molecule has 0 spiro atoms. The Labute approximate surface area is 197 Å². The number of anilines is 1. The van der Waals surface area contributed by atoms with E-state index < -0.39 is 34.9 Å². The summed E-state index contributed by atoms with van der Waals surface area (Å²) >= 11 is 0. The van der Waals surface area contributed by atoms with Gasteiger partial charge in [0.25, 0.3) is 11.8 Å². The van der Waals surface area contributed by atoms with E-state index in [0.29, 0.717) is 11.5 Å². The van der Waals surface area contributed by atoms with E-state index in [9.17, 15) is 27.2 Å². The second-order valence-electron chi connectivity index (χ2n) is 8.70. The first-order valence-electron chi connectivity index (χ1n) is 10.8. The Morgan fingerprint density at radius 1 is 1.11 bits per heavy atom. The Balaban J connectivity index is 1.58. The molecule has 0 bridgehead atoms. The van der Waals surface area contributed by atoms with Crippen LogP contribution in [-0.4, -0.2) is 43.3 Å². The molecule has 4 rings (SSSR count). The van der Waals surface area contributed by atoms with Crippen molar-refractivity contribution in [3.8, 4) is 11.5 Å². The number of halogens is 4. The summed E-state index contributed by atoms with van der Waals surface area (Å²) in [5.74, 6) is -2.31. The van der Waals surface area contributed by atoms with Crippen LogP contribution in [0.5, 0.6) is 0 Å². The minimum Gasteiger partial charge on any atom is -0.338 e. The number of pyridine rings is 1. The Morgan fingerprint density at radius 3 is 2.46 bits per heavy atom. The molecule has 0 unspecified atom stereocenters. The lowest BCUT2D eigenvalue weighted by Crippen LogP contribution is -2.48. The van der Waals surface area contributed by atoms with Crippen molar-refractivity contribution in [2.75, 3.05) is 5.32 Å². The topological polar surface area (TPSA) is 102 Å². The number of hydrogen-bond donors (Lipinski definition) is 2. The number of carbonyl (C=O) groups excluding carboxylic acids is 2. The molecule has 0 atom stereocenters. The molecule has 1 fully saturated rings. The monoisotopic (exact) mass is 490 g/mol. The number of benzene rings is 1. The minimum absolute atomic E-state index is 0.0541. The van der Waals surface area contributed by atoms with Crippen LogP contribution in [0.25, 0.3) is 11.5 Å². The van der Waals surface area contributed by atoms with Crippen LogP contribution in [0, 0.1) is 12.7 Å². The quantitative estimate of drug-likeness (QED) is 0.498. The molecule has 2 aromatic heterocycles. The summed E-state index contributed by atoms with van der Waals surface area (Å²) in [6, 6.07) is 6.71. The third kappa shape index (κ3) is 4.73. The predicted molar refractivity (Wildman–Crippen MR) is 118 cm³/mol. The summed E-state index contributed by atoms with van der Waals surface area (Å²) in [4.78, 5) is 29.7. The molecular weight excluding hydrogens is 468 g/mol. The lowest BCUT2D eigenvalue weighted by molar-refractivity contribution is -0.163. The van der Waals surface area contributed by atoms with E-state index in [-0.39, 0.29) is 35.8 Å². The fourth-order valence-corrected chi connectivity index (χ4v) is 3.60. The van der Waals surface area contributed by atoms with E-state index in [1.165, 1.54) is 13.0 Å². The van der Waals surface area contributed by atoms with Gasteiger partial charge in [-0.3, -0.25) is 9.59 Å². The van der Waals surface area contributed by atoms with Gasteiger partial charge in [0.15, 0.2) is 5.82 Å². The summed E-state index contributed by atoms with van der Waals surface area (Å²) in [6.45, 7) is 5.25. The van der Waals surface area contributed by atoms with E-state index >= 15 is 0 Å². The maximum absolute atomic E-state index is 14.6. The fourth-order valence-electron chi connectivity index (χ4n) is 3.60. The Bertz CT molecular complexity index is 1300. The molecule has 1 aromatic carbocycles. The number of alkyl halides is 3. The lowest BCUT2D eigenvalue weighted by atomic mass is 10.0. The van der Waals surface area contributed by atoms with Crippen molar-refractivity contribution in [3.05, 3.63) is 59.2 Å². The van der Waals surface area contributed by atoms with E-state index in [4.69, 9.17) is 0 Å². The highest BCUT2D eigenvalue weighted by atomic mass is 19.4. The van der Waals surface area contributed by atoms with Gasteiger partial charge in [-0.25, -0.2) is 9.37 Å². The van der Waals surface area contributed by atoms with Gasteiger partial charge in [-0.1, -0.05) is 6.07 Å². The summed E-state index contributed by atoms with van der Waals surface area (Å²) in [6.07, 6.45) is -3.52. The van der Waals surface area contributed by atoms with Crippen molar-refractivity contribution in [2.45, 2.75) is 51.4 Å². The van der Waals surface area contributed by atoms with E-state index in [1.54, 1.807) is 23.0 Å². The zero-order valence-corrected chi connectivity index (χ0v) is 19.1. The second-order valence-corrected chi connectivity index (χ2v) is 8.70. The average molecular weight is 490 g/mol. The van der Waals surface area contributed by atoms with Gasteiger partial charge in [0.1, 0.15) is 29.2 Å². The maximum Gasteiger partial charge on any atom is 0.411 e. The van der Waals surface area contributed by atoms with Crippen LogP contribution in [0.4, 0.5) is 23.4 Å². The van der Waals surface area contributed by atoms with Gasteiger partial charge in [0.05, 0.1) is 5.56 Å². The van der Waals surface area contributed by atoms with Crippen LogP contribution < -0.4 is 10.6 Å². The van der Waals surface area contributed by atoms with Gasteiger partial charge in [-0.15, -0.1) is 10.2 Å². The van der Waals surface area contributed by atoms with Gasteiger partial charge >= 0.3 is 6.18 Å². The summed E-state index contributed by atoms with van der Waals surface area (Å²) in [5, 5.41) is 12.4. The molecule has 3 aromatic rings. The number of aryl methyl sites for hydroxylation is 1. The van der Waals surface area contributed by atoms with Crippen LogP contribution in [-0.2, 0) is 0 Å². The summed E-state index contributed by atoms with van der Waals surface area (Å²) < 4.78 is 56.1. The van der Waals surface area contributed by atoms with Gasteiger partial charge < -0.3 is 15.2 Å². The fraction of sp³-hybridized carbons (Fsp3) is 0.348. The second kappa shape index (κ2) is 8.75. The van der Waals surface area contributed by atoms with Gasteiger partial charge in [-0.2, -0.15) is 13.2 Å². The lowest BCUT2D eigenvalue weighted by Gasteiger charge is -2.21. The van der Waals surface area contributed by atoms with Gasteiger partial charge in [0, 0.05) is 11.6 Å². The Kier molecular flexibility index (Phi) is 6.07. The molecule has 184 valence electrons. The molecule has 1 aliphatic rings. The van der Waals surface area contributed by atoms with Crippen LogP contribution in [0.3, 0.4) is 0 Å². The van der Waals surface area contributed by atoms with Gasteiger partial charge in [-0.05, 0) is 63.4 Å². The van der Waals surface area contributed by atoms with Crippen LogP contribution in [0.15, 0.2) is 36.7 Å². The Hall–Kier alpha value is -3.83. The van der Waals surface area contributed by atoms with Crippen LogP contribution in [0.2, 0.25) is 0 Å². The number of carbonyl (C=O) groups is 2. The predicted octanol–water partition coefficient (Wildman–Crippen LogP) is 4.45. The first-order chi connectivity index (χ1) is 16.4. The van der Waals surface area contributed by atoms with E-state index in [2.05, 4.69) is 20.5 Å². The molecule has 0 aliphatic heterocycles. The molecule has 2 N–H and O–H groups in total. The number of hydrogen-bond acceptors (Lipinski definition) is 5. The number of nitrogens with zero attached hydrogens (tertiary/aromatic N) is 4. The molecule has 12 heteroatoms. The summed E-state index contributed by atoms with van der Waals surface area (Å²) in [5.41, 5.74) is -2.49. The first kappa shape index (κ1) is 24.3. The van der Waals surface area contributed by atoms with Crippen LogP contribution in [0.1, 0.15) is 59.0 Å². The molecule has 1 aliphatic carbocycles. The Morgan fingerprint density at radius 2 is 1.83 bits per heavy atom. The first-order valence-corrected chi connectivity index (χ1v) is 10.8. The van der Waals surface area contributed by atoms with Crippen molar-refractivity contribution >= 4 is 17.6 Å². The highest BCUT2D eigenvalue weighted by Gasteiger charge is 2.64. The third-order valence-electron chi connectivity index (χ3n) is 5.80. The number of amides is 2. The van der Waals surface area contributed by atoms with Crippen molar-refractivity contribution in [2.24, 2.45) is 0 Å². The molecule has 0 radical (unpaired) electrons. The zero-order valence-electron chi connectivity index (χ0n) is 19.1. The largest absolute Gasteiger partial charge is 0.411 e. The number of aromatic nitrogens is 4. The number of rotatable bonds is 6. The van der Waals surface area contributed by atoms with Crippen molar-refractivity contribution in [1.29, 1.82) is 0 Å². The third-order valence-corrected chi connectivity index (χ3v) is 5.80. The minimum atomic E-state index is -4.60. The smallest absolute Gasteiger partial charge is 0.338 e. The number of nitrogens with one attached hydrogen (secondary N) is 2. The molecule has 2 amide bonds. The zero-order chi connectivity index (χ0) is 25.5. The maximum atomic E-state index is 14.6. The molecule has 0 saturated heterocycles. The highest BCUT2D eigenvalue weighted by molar-refractivity contribution is 6.06. The van der Waals surface area contributed by atoms with E-state index in [1.807, 2.05) is 19.2 Å². The van der Waals surface area contributed by atoms with Crippen LogP contribution >= 0.6 is 0 Å². The van der Waals surface area contributed by atoms with Gasteiger partial charge in [0.2, 0.25) is 0 Å². The standard InChI is InChI=1S/C23H22F4N6O2/c1-12(2)33-11-28-32-19(33)17-5-4-6-18(29-17)30-20(34)15-10-14(13(3)9-16(15)24)21(35)31-22(7-8-22)23(25,26)27/h4-6,9-12H,7-8H2,1-3H3,(H,31,35)(H,29,30,34). The molecule has 1 saturated carbocycles. The SMILES string of the molecule is Cc1cc(F)c(C(=O)Nc2cccc(-c3nncn3C(C)C)n2)cc1C(=O)NC1(C(F)(F)F)CC1. The average Bonchev–Trinajstić information content (AvgIpc) is 3.39. The van der Waals surface area contributed by atoms with Crippen molar-refractivity contribution < 1.29 is 27.2 Å². The summed E-state index contributed by atoms with van der Waals surface area (Å²) in [7, 11) is 0. The van der Waals surface area contributed by atoms with Crippen molar-refractivity contribution in [1.82, 2.24) is 25.1 Å². The molecular formula is C23H22F4N6O2. The molecule has 8 nitrogen and oxygen atoms in total. The van der Waals surface area contributed by atoms with Crippen molar-refractivity contribution in [3.63, 3.8) is 0 Å². The normalized spacial score (nSPS) is 14.6. The molecule has 2 heterocycles. The highest BCUT2D eigenvalue weighted by Crippen LogP contribution is 2.49.